The molecule has 4 aromatic rings. The molecule has 2 aromatic carbocycles. The van der Waals surface area contributed by atoms with Gasteiger partial charge < -0.3 is 5.11 Å². The number of carboxylic acid groups (broad SMARTS) is 1. The van der Waals surface area contributed by atoms with Gasteiger partial charge in [-0.15, -0.1) is 22.7 Å². The molecule has 0 amide bonds. The third-order valence-electron chi connectivity index (χ3n) is 7.16. The molecule has 6 rings (SSSR count). The SMILES string of the molecule is N#CC(c1ccccc1Cl)N1CCc2sccc2C1.O=C(O)C(c1ccccc1Cl)N1CCc2sccc2C1. The van der Waals surface area contributed by atoms with Gasteiger partial charge in [-0.1, -0.05) is 59.6 Å². The largest absolute Gasteiger partial charge is 0.480 e. The quantitative estimate of drug-likeness (QED) is 0.257. The molecule has 39 heavy (non-hydrogen) atoms. The second-order valence-electron chi connectivity index (χ2n) is 9.49. The third-order valence-corrected chi connectivity index (χ3v) is 9.89. The molecule has 2 aliphatic rings. The molecule has 0 aliphatic carbocycles. The molecule has 0 spiro atoms. The molecular weight excluding hydrogens is 569 g/mol. The fraction of sp³-hybridized carbons (Fsp3) is 0.267. The van der Waals surface area contributed by atoms with E-state index in [-0.39, 0.29) is 6.04 Å². The number of rotatable bonds is 5. The lowest BCUT2D eigenvalue weighted by molar-refractivity contribution is -0.144. The molecule has 2 unspecified atom stereocenters. The summed E-state index contributed by atoms with van der Waals surface area (Å²) in [6.45, 7) is 3.16. The standard InChI is InChI=1S/C15H13ClN2S.C15H14ClNO2S/c16-13-4-2-1-3-12(13)14(9-17)18-7-5-15-11(10-18)6-8-19-15;16-12-4-2-1-3-11(12)14(15(18)19)17-7-5-13-10(9-17)6-8-20-13/h1-4,6,8,14H,5,7,10H2;1-4,6,8,14H,5,7,9H2,(H,18,19). The fourth-order valence-corrected chi connectivity index (χ4v) is 7.47. The molecule has 1 N–H and O–H groups in total. The van der Waals surface area contributed by atoms with Crippen molar-refractivity contribution in [2.45, 2.75) is 38.0 Å². The zero-order valence-corrected chi connectivity index (χ0v) is 24.2. The highest BCUT2D eigenvalue weighted by molar-refractivity contribution is 7.10. The molecule has 0 fully saturated rings. The number of carboxylic acids is 1. The summed E-state index contributed by atoms with van der Waals surface area (Å²) in [4.78, 5) is 18.7. The van der Waals surface area contributed by atoms with Gasteiger partial charge in [0.05, 0.1) is 6.07 Å². The van der Waals surface area contributed by atoms with E-state index in [1.54, 1.807) is 23.5 Å². The Hall–Kier alpha value is -2.70. The molecule has 5 nitrogen and oxygen atoms in total. The van der Waals surface area contributed by atoms with Crippen LogP contribution in [-0.2, 0) is 30.7 Å². The van der Waals surface area contributed by atoms with Crippen molar-refractivity contribution >= 4 is 51.8 Å². The van der Waals surface area contributed by atoms with Crippen molar-refractivity contribution in [2.24, 2.45) is 0 Å². The summed E-state index contributed by atoms with van der Waals surface area (Å²) in [7, 11) is 0. The summed E-state index contributed by atoms with van der Waals surface area (Å²) in [6.07, 6.45) is 1.93. The van der Waals surface area contributed by atoms with Crippen LogP contribution in [0.5, 0.6) is 0 Å². The second-order valence-corrected chi connectivity index (χ2v) is 12.3. The molecule has 200 valence electrons. The van der Waals surface area contributed by atoms with E-state index in [0.717, 1.165) is 38.0 Å². The van der Waals surface area contributed by atoms with Gasteiger partial charge in [0, 0.05) is 51.5 Å². The van der Waals surface area contributed by atoms with Crippen LogP contribution in [0.1, 0.15) is 44.1 Å². The highest BCUT2D eigenvalue weighted by Gasteiger charge is 2.32. The summed E-state index contributed by atoms with van der Waals surface area (Å²) < 4.78 is 0. The number of benzene rings is 2. The van der Waals surface area contributed by atoms with E-state index >= 15 is 0 Å². The van der Waals surface area contributed by atoms with E-state index in [1.165, 1.54) is 20.9 Å². The molecule has 9 heteroatoms. The Balaban J connectivity index is 0.000000158. The van der Waals surface area contributed by atoms with Crippen molar-refractivity contribution in [2.75, 3.05) is 13.1 Å². The number of thiophene rings is 2. The Bertz CT molecular complexity index is 1500. The van der Waals surface area contributed by atoms with Crippen LogP contribution in [0, 0.1) is 11.3 Å². The van der Waals surface area contributed by atoms with E-state index in [9.17, 15) is 15.2 Å². The van der Waals surface area contributed by atoms with Crippen LogP contribution in [0.2, 0.25) is 10.0 Å². The van der Waals surface area contributed by atoms with Crippen LogP contribution in [0.15, 0.2) is 71.4 Å². The highest BCUT2D eigenvalue weighted by atomic mass is 35.5. The van der Waals surface area contributed by atoms with Gasteiger partial charge in [0.1, 0.15) is 12.1 Å². The zero-order valence-electron chi connectivity index (χ0n) is 21.1. The van der Waals surface area contributed by atoms with Crippen LogP contribution >= 0.6 is 45.9 Å². The first-order valence-electron chi connectivity index (χ1n) is 12.7. The minimum Gasteiger partial charge on any atom is -0.480 e. The van der Waals surface area contributed by atoms with E-state index in [0.29, 0.717) is 22.2 Å². The minimum absolute atomic E-state index is 0.262. The summed E-state index contributed by atoms with van der Waals surface area (Å²) in [5, 5.41) is 24.5. The predicted octanol–water partition coefficient (Wildman–Crippen LogP) is 7.61. The maximum absolute atomic E-state index is 11.7. The molecule has 0 radical (unpaired) electrons. The van der Waals surface area contributed by atoms with Gasteiger partial charge in [-0.05, 0) is 64.6 Å². The Morgan fingerprint density at radius 1 is 0.821 bits per heavy atom. The lowest BCUT2D eigenvalue weighted by atomic mass is 10.0. The van der Waals surface area contributed by atoms with Gasteiger partial charge in [-0.2, -0.15) is 5.26 Å². The normalized spacial score (nSPS) is 16.6. The number of fused-ring (bicyclic) bond motifs is 2. The van der Waals surface area contributed by atoms with E-state index in [4.69, 9.17) is 23.2 Å². The first-order chi connectivity index (χ1) is 19.0. The lowest BCUT2D eigenvalue weighted by Crippen LogP contribution is -2.37. The smallest absolute Gasteiger partial charge is 0.325 e. The zero-order chi connectivity index (χ0) is 27.4. The van der Waals surface area contributed by atoms with Crippen molar-refractivity contribution in [3.63, 3.8) is 0 Å². The minimum atomic E-state index is -0.850. The first kappa shape index (κ1) is 27.9. The van der Waals surface area contributed by atoms with Crippen molar-refractivity contribution in [3.05, 3.63) is 113 Å². The Kier molecular flexibility index (Phi) is 9.03. The number of nitrogens with zero attached hydrogens (tertiary/aromatic N) is 3. The number of nitriles is 1. The van der Waals surface area contributed by atoms with Gasteiger partial charge in [0.25, 0.3) is 0 Å². The number of aliphatic carboxylic acids is 1. The summed E-state index contributed by atoms with van der Waals surface area (Å²) >= 11 is 16.0. The molecule has 0 saturated carbocycles. The molecular formula is C30H27Cl2N3O2S2. The summed E-state index contributed by atoms with van der Waals surface area (Å²) in [5.41, 5.74) is 4.16. The average Bonchev–Trinajstić information content (AvgIpc) is 3.61. The van der Waals surface area contributed by atoms with Gasteiger partial charge in [-0.3, -0.25) is 14.6 Å². The molecule has 2 aromatic heterocycles. The summed E-state index contributed by atoms with van der Waals surface area (Å²) in [5.74, 6) is -0.850. The number of halogens is 2. The third kappa shape index (κ3) is 6.22. The van der Waals surface area contributed by atoms with Gasteiger partial charge in [-0.25, -0.2) is 0 Å². The predicted molar refractivity (Wildman–Crippen MR) is 159 cm³/mol. The summed E-state index contributed by atoms with van der Waals surface area (Å²) in [6, 6.07) is 20.5. The van der Waals surface area contributed by atoms with Crippen LogP contribution < -0.4 is 0 Å². The molecule has 2 atom stereocenters. The molecule has 0 bridgehead atoms. The lowest BCUT2D eigenvalue weighted by Gasteiger charge is -2.32. The Labute approximate surface area is 246 Å². The highest BCUT2D eigenvalue weighted by Crippen LogP contribution is 2.34. The second kappa shape index (κ2) is 12.6. The molecule has 4 heterocycles. The number of hydrogen-bond acceptors (Lipinski definition) is 6. The van der Waals surface area contributed by atoms with Gasteiger partial charge >= 0.3 is 5.97 Å². The number of carbonyl (C=O) groups is 1. The first-order valence-corrected chi connectivity index (χ1v) is 15.2. The van der Waals surface area contributed by atoms with Crippen LogP contribution in [0.25, 0.3) is 0 Å². The van der Waals surface area contributed by atoms with Crippen LogP contribution in [0.4, 0.5) is 0 Å². The van der Waals surface area contributed by atoms with Crippen molar-refractivity contribution < 1.29 is 9.90 Å². The van der Waals surface area contributed by atoms with Crippen LogP contribution in [-0.4, -0.2) is 34.0 Å². The average molecular weight is 597 g/mol. The Morgan fingerprint density at radius 3 is 1.87 bits per heavy atom. The van der Waals surface area contributed by atoms with E-state index < -0.39 is 12.0 Å². The number of hydrogen-bond donors (Lipinski definition) is 1. The van der Waals surface area contributed by atoms with Crippen molar-refractivity contribution in [3.8, 4) is 6.07 Å². The van der Waals surface area contributed by atoms with Gasteiger partial charge in [0.15, 0.2) is 0 Å². The maximum atomic E-state index is 11.7. The topological polar surface area (TPSA) is 67.6 Å². The Morgan fingerprint density at radius 2 is 1.33 bits per heavy atom. The van der Waals surface area contributed by atoms with Crippen molar-refractivity contribution in [1.82, 2.24) is 9.80 Å². The maximum Gasteiger partial charge on any atom is 0.325 e. The molecule has 2 aliphatic heterocycles. The molecule has 0 saturated heterocycles. The van der Waals surface area contributed by atoms with E-state index in [2.05, 4.69) is 33.9 Å². The van der Waals surface area contributed by atoms with Crippen molar-refractivity contribution in [1.29, 1.82) is 5.26 Å². The fourth-order valence-electron chi connectivity index (χ4n) is 5.21. The monoisotopic (exact) mass is 595 g/mol. The van der Waals surface area contributed by atoms with Gasteiger partial charge in [0.2, 0.25) is 0 Å². The van der Waals surface area contributed by atoms with Crippen LogP contribution in [0.3, 0.4) is 0 Å². The van der Waals surface area contributed by atoms with E-state index in [1.807, 2.05) is 52.6 Å².